The van der Waals surface area contributed by atoms with Crippen LogP contribution in [0.15, 0.2) is 12.4 Å². The maximum absolute atomic E-state index is 12.2. The number of ether oxygens (including phenoxy) is 1. The second-order valence-electron chi connectivity index (χ2n) is 5.50. The van der Waals surface area contributed by atoms with E-state index in [4.69, 9.17) is 4.74 Å². The van der Waals surface area contributed by atoms with Crippen molar-refractivity contribution < 1.29 is 19.1 Å². The Morgan fingerprint density at radius 2 is 1.71 bits per heavy atom. The van der Waals surface area contributed by atoms with Crippen molar-refractivity contribution in [2.45, 2.75) is 0 Å². The number of aromatic nitrogens is 2. The third-order valence-electron chi connectivity index (χ3n) is 3.87. The van der Waals surface area contributed by atoms with E-state index in [2.05, 4.69) is 15.3 Å². The number of anilines is 2. The molecule has 2 fully saturated rings. The lowest BCUT2D eigenvalue weighted by atomic mass is 10.3. The van der Waals surface area contributed by atoms with Gasteiger partial charge < -0.3 is 19.9 Å². The second kappa shape index (κ2) is 6.79. The van der Waals surface area contributed by atoms with Gasteiger partial charge in [-0.2, -0.15) is 0 Å². The van der Waals surface area contributed by atoms with Crippen LogP contribution in [0, 0.1) is 0 Å². The Kier molecular flexibility index (Phi) is 4.56. The van der Waals surface area contributed by atoms with Crippen molar-refractivity contribution in [3.8, 4) is 0 Å². The summed E-state index contributed by atoms with van der Waals surface area (Å²) in [6, 6.07) is -0.535. The van der Waals surface area contributed by atoms with Crippen molar-refractivity contribution in [1.82, 2.24) is 19.8 Å². The van der Waals surface area contributed by atoms with Gasteiger partial charge in [-0.1, -0.05) is 0 Å². The molecule has 3 heterocycles. The summed E-state index contributed by atoms with van der Waals surface area (Å²) in [5.41, 5.74) is 0.399. The Morgan fingerprint density at radius 1 is 1.12 bits per heavy atom. The number of morpholine rings is 1. The summed E-state index contributed by atoms with van der Waals surface area (Å²) in [7, 11) is 1.40. The van der Waals surface area contributed by atoms with E-state index in [1.165, 1.54) is 19.4 Å². The number of urea groups is 1. The fourth-order valence-electron chi connectivity index (χ4n) is 2.39. The van der Waals surface area contributed by atoms with Crippen molar-refractivity contribution in [2.75, 3.05) is 56.7 Å². The zero-order chi connectivity index (χ0) is 17.1. The number of hydrogen-bond donors (Lipinski definition) is 1. The molecule has 2 aliphatic heterocycles. The molecule has 0 aromatic carbocycles. The summed E-state index contributed by atoms with van der Waals surface area (Å²) in [4.78, 5) is 48.0. The summed E-state index contributed by atoms with van der Waals surface area (Å²) >= 11 is 0. The molecule has 1 aromatic heterocycles. The molecule has 0 aliphatic carbocycles. The van der Waals surface area contributed by atoms with Crippen LogP contribution in [0.5, 0.6) is 0 Å². The molecule has 24 heavy (non-hydrogen) atoms. The lowest BCUT2D eigenvalue weighted by Gasteiger charge is -2.30. The highest BCUT2D eigenvalue weighted by molar-refractivity contribution is 6.03. The third kappa shape index (κ3) is 3.43. The van der Waals surface area contributed by atoms with Crippen molar-refractivity contribution in [3.05, 3.63) is 12.4 Å². The molecule has 0 radical (unpaired) electrons. The van der Waals surface area contributed by atoms with Gasteiger partial charge >= 0.3 is 6.03 Å². The molecule has 2 aliphatic rings. The first-order valence-electron chi connectivity index (χ1n) is 7.54. The molecule has 128 valence electrons. The first-order chi connectivity index (χ1) is 11.5. The van der Waals surface area contributed by atoms with Crippen LogP contribution in [0.4, 0.5) is 16.4 Å². The number of carbonyl (C=O) groups excluding carboxylic acids is 3. The van der Waals surface area contributed by atoms with E-state index in [0.29, 0.717) is 24.8 Å². The summed E-state index contributed by atoms with van der Waals surface area (Å²) in [6.07, 6.45) is 2.99. The topological polar surface area (TPSA) is 108 Å². The molecule has 0 saturated carbocycles. The summed E-state index contributed by atoms with van der Waals surface area (Å²) in [5.74, 6) is -0.262. The Labute approximate surface area is 138 Å². The first-order valence-corrected chi connectivity index (χ1v) is 7.54. The summed E-state index contributed by atoms with van der Waals surface area (Å²) < 4.78 is 5.27. The van der Waals surface area contributed by atoms with E-state index in [1.807, 2.05) is 4.90 Å². The monoisotopic (exact) mass is 334 g/mol. The average Bonchev–Trinajstić information content (AvgIpc) is 2.60. The molecule has 0 atom stereocenters. The molecule has 0 unspecified atom stereocenters. The Morgan fingerprint density at radius 3 is 2.29 bits per heavy atom. The third-order valence-corrected chi connectivity index (χ3v) is 3.87. The first kappa shape index (κ1) is 16.1. The molecular formula is C14H18N6O4. The van der Waals surface area contributed by atoms with Gasteiger partial charge in [-0.15, -0.1) is 0 Å². The molecule has 10 heteroatoms. The number of rotatable bonds is 2. The summed E-state index contributed by atoms with van der Waals surface area (Å²) in [5, 5.41) is 2.59. The molecule has 2 saturated heterocycles. The van der Waals surface area contributed by atoms with Crippen LogP contribution in [0.3, 0.4) is 0 Å². The normalized spacial score (nSPS) is 18.8. The number of piperazine rings is 1. The highest BCUT2D eigenvalue weighted by atomic mass is 16.5. The predicted octanol–water partition coefficient (Wildman–Crippen LogP) is -0.854. The highest BCUT2D eigenvalue weighted by Gasteiger charge is 2.31. The minimum atomic E-state index is -0.535. The predicted molar refractivity (Wildman–Crippen MR) is 83.4 cm³/mol. The Bertz CT molecular complexity index is 625. The number of imide groups is 1. The largest absolute Gasteiger partial charge is 0.378 e. The molecule has 4 amide bonds. The lowest BCUT2D eigenvalue weighted by Crippen LogP contribution is -2.54. The van der Waals surface area contributed by atoms with Crippen LogP contribution in [-0.4, -0.2) is 84.1 Å². The van der Waals surface area contributed by atoms with Crippen molar-refractivity contribution in [3.63, 3.8) is 0 Å². The van der Waals surface area contributed by atoms with E-state index < -0.39 is 17.8 Å². The van der Waals surface area contributed by atoms with Crippen molar-refractivity contribution in [1.29, 1.82) is 0 Å². The number of amides is 4. The van der Waals surface area contributed by atoms with E-state index in [9.17, 15) is 14.4 Å². The van der Waals surface area contributed by atoms with Gasteiger partial charge in [0.1, 0.15) is 13.1 Å². The summed E-state index contributed by atoms with van der Waals surface area (Å²) in [6.45, 7) is 2.43. The number of likely N-dealkylation sites (N-methyl/N-ethyl adjacent to an activating group) is 1. The van der Waals surface area contributed by atoms with E-state index in [-0.39, 0.29) is 13.1 Å². The molecule has 10 nitrogen and oxygen atoms in total. The number of nitrogens with zero attached hydrogens (tertiary/aromatic N) is 5. The molecule has 1 N–H and O–H groups in total. The van der Waals surface area contributed by atoms with Gasteiger partial charge in [-0.05, 0) is 0 Å². The van der Waals surface area contributed by atoms with E-state index in [0.717, 1.165) is 22.9 Å². The zero-order valence-electron chi connectivity index (χ0n) is 13.3. The van der Waals surface area contributed by atoms with Gasteiger partial charge in [-0.25, -0.2) is 14.8 Å². The minimum absolute atomic E-state index is 0.138. The molecular weight excluding hydrogens is 316 g/mol. The van der Waals surface area contributed by atoms with Crippen LogP contribution in [-0.2, 0) is 14.3 Å². The lowest BCUT2D eigenvalue weighted by molar-refractivity contribution is -0.147. The van der Waals surface area contributed by atoms with Gasteiger partial charge in [0.05, 0.1) is 31.3 Å². The standard InChI is InChI=1S/C14H18N6O4/c1-18-11(21)8-20(9-12(18)22)14(23)17-10-6-15-13(16-7-10)19-2-4-24-5-3-19/h6-7H,2-5,8-9H2,1H3,(H,17,23). The molecule has 0 bridgehead atoms. The zero-order valence-corrected chi connectivity index (χ0v) is 13.3. The van der Waals surface area contributed by atoms with Gasteiger partial charge in [-0.3, -0.25) is 14.5 Å². The van der Waals surface area contributed by atoms with Crippen LogP contribution in [0.1, 0.15) is 0 Å². The van der Waals surface area contributed by atoms with Gasteiger partial charge in [0.2, 0.25) is 17.8 Å². The molecule has 3 rings (SSSR count). The van der Waals surface area contributed by atoms with Gasteiger partial charge in [0, 0.05) is 20.1 Å². The van der Waals surface area contributed by atoms with E-state index in [1.54, 1.807) is 0 Å². The average molecular weight is 334 g/mol. The maximum atomic E-state index is 12.2. The fraction of sp³-hybridized carbons (Fsp3) is 0.500. The van der Waals surface area contributed by atoms with Gasteiger partial charge in [0.15, 0.2) is 0 Å². The van der Waals surface area contributed by atoms with Gasteiger partial charge in [0.25, 0.3) is 0 Å². The van der Waals surface area contributed by atoms with Crippen molar-refractivity contribution in [2.24, 2.45) is 0 Å². The smallest absolute Gasteiger partial charge is 0.322 e. The highest BCUT2D eigenvalue weighted by Crippen LogP contribution is 2.13. The number of nitrogens with one attached hydrogen (secondary N) is 1. The fourth-order valence-corrected chi connectivity index (χ4v) is 2.39. The van der Waals surface area contributed by atoms with Crippen molar-refractivity contribution >= 4 is 29.5 Å². The quantitative estimate of drug-likeness (QED) is 0.702. The minimum Gasteiger partial charge on any atom is -0.378 e. The molecule has 1 aromatic rings. The number of hydrogen-bond acceptors (Lipinski definition) is 7. The molecule has 0 spiro atoms. The van der Waals surface area contributed by atoms with Crippen LogP contribution >= 0.6 is 0 Å². The van der Waals surface area contributed by atoms with Crippen LogP contribution in [0.25, 0.3) is 0 Å². The second-order valence-corrected chi connectivity index (χ2v) is 5.50. The Hall–Kier alpha value is -2.75. The SMILES string of the molecule is CN1C(=O)CN(C(=O)Nc2cnc(N3CCOCC3)nc2)CC1=O. The van der Waals surface area contributed by atoms with Crippen LogP contribution in [0.2, 0.25) is 0 Å². The van der Waals surface area contributed by atoms with Crippen LogP contribution < -0.4 is 10.2 Å². The van der Waals surface area contributed by atoms with E-state index >= 15 is 0 Å². The Balaban J connectivity index is 1.60. The maximum Gasteiger partial charge on any atom is 0.322 e. The number of carbonyl (C=O) groups is 3.